The summed E-state index contributed by atoms with van der Waals surface area (Å²) in [6, 6.07) is 1.10. The normalized spacial score (nSPS) is 21.0. The van der Waals surface area contributed by atoms with Crippen LogP contribution in [0.3, 0.4) is 0 Å². The van der Waals surface area contributed by atoms with E-state index in [0.29, 0.717) is 0 Å². The number of nitrogens with zero attached hydrogens (tertiary/aromatic N) is 1. The summed E-state index contributed by atoms with van der Waals surface area (Å²) < 4.78 is 20.2. The molecule has 6 heteroatoms. The third-order valence-corrected chi connectivity index (χ3v) is 9.64. The Morgan fingerprint density at radius 1 is 1.18 bits per heavy atom. The zero-order valence-corrected chi connectivity index (χ0v) is 13.9. The minimum absolute atomic E-state index is 0.748. The molecule has 1 rings (SSSR count). The Kier molecular flexibility index (Phi) is 5.81. The molecule has 4 nitrogen and oxygen atoms in total. The summed E-state index contributed by atoms with van der Waals surface area (Å²) in [5.74, 6) is 0. The quantitative estimate of drug-likeness (QED) is 0.667. The maximum Gasteiger partial charge on any atom is 0.427 e. The van der Waals surface area contributed by atoms with Gasteiger partial charge < -0.3 is 13.3 Å². The van der Waals surface area contributed by atoms with Gasteiger partial charge in [0.1, 0.15) is 0 Å². The lowest BCUT2D eigenvalue weighted by Gasteiger charge is -2.37. The number of hydrogen-bond donors (Lipinski definition) is 0. The molecule has 1 fully saturated rings. The van der Waals surface area contributed by atoms with Gasteiger partial charge in [0.15, 0.2) is 8.32 Å². The van der Waals surface area contributed by atoms with Crippen molar-refractivity contribution in [3.05, 3.63) is 0 Å². The predicted molar refractivity (Wildman–Crippen MR) is 74.5 cm³/mol. The third kappa shape index (κ3) is 3.87. The molecule has 0 atom stereocenters. The van der Waals surface area contributed by atoms with E-state index in [0.717, 1.165) is 32.0 Å². The number of hydrogen-bond acceptors (Lipinski definition) is 4. The van der Waals surface area contributed by atoms with Crippen LogP contribution in [0.2, 0.25) is 19.1 Å². The lowest BCUT2D eigenvalue weighted by Crippen LogP contribution is -2.59. The largest absolute Gasteiger partial charge is 0.427 e. The zero-order valence-electron chi connectivity index (χ0n) is 11.9. The van der Waals surface area contributed by atoms with Gasteiger partial charge in [-0.3, -0.25) is 4.57 Å². The number of rotatable bonds is 7. The molecule has 102 valence electrons. The average Bonchev–Trinajstić information content (AvgIpc) is 2.62. The first-order chi connectivity index (χ1) is 7.99. The van der Waals surface area contributed by atoms with Crippen LogP contribution >= 0.6 is 0 Å². The molecule has 1 aliphatic heterocycles. The smallest absolute Gasteiger partial charge is 0.419 e. The van der Waals surface area contributed by atoms with Crippen molar-refractivity contribution in [2.45, 2.75) is 39.4 Å². The molecular formula is C11H27NO3Si2. The Bertz CT molecular complexity index is 233. The second kappa shape index (κ2) is 6.44. The molecule has 0 unspecified atom stereocenters. The van der Waals surface area contributed by atoms with Gasteiger partial charge >= 0.3 is 8.72 Å². The van der Waals surface area contributed by atoms with Crippen LogP contribution in [0, 0.1) is 0 Å². The van der Waals surface area contributed by atoms with E-state index in [4.69, 9.17) is 13.3 Å². The van der Waals surface area contributed by atoms with Crippen molar-refractivity contribution >= 4 is 17.0 Å². The Hall–Kier alpha value is 0.274. The fourth-order valence-corrected chi connectivity index (χ4v) is 8.74. The van der Waals surface area contributed by atoms with E-state index in [-0.39, 0.29) is 0 Å². The fraction of sp³-hybridized carbons (Fsp3) is 1.00. The Morgan fingerprint density at radius 2 is 1.76 bits per heavy atom. The van der Waals surface area contributed by atoms with Crippen LogP contribution in [0.25, 0.3) is 0 Å². The first-order valence-electron chi connectivity index (χ1n) is 6.58. The van der Waals surface area contributed by atoms with Gasteiger partial charge in [-0.05, 0) is 39.9 Å². The second-order valence-corrected chi connectivity index (χ2v) is 12.4. The fourth-order valence-electron chi connectivity index (χ4n) is 2.37. The van der Waals surface area contributed by atoms with Crippen LogP contribution in [0.5, 0.6) is 0 Å². The summed E-state index contributed by atoms with van der Waals surface area (Å²) in [6.45, 7) is 11.2. The topological polar surface area (TPSA) is 30.9 Å². The van der Waals surface area contributed by atoms with Crippen molar-refractivity contribution in [3.63, 3.8) is 0 Å². The Labute approximate surface area is 108 Å². The summed E-state index contributed by atoms with van der Waals surface area (Å²) in [5.41, 5.74) is 0. The first kappa shape index (κ1) is 15.3. The van der Waals surface area contributed by atoms with Gasteiger partial charge in [-0.1, -0.05) is 0 Å². The van der Waals surface area contributed by atoms with Crippen LogP contribution in [0.1, 0.15) is 20.3 Å². The van der Waals surface area contributed by atoms with E-state index in [1.54, 1.807) is 0 Å². The monoisotopic (exact) mass is 277 g/mol. The first-order valence-corrected chi connectivity index (χ1v) is 11.7. The van der Waals surface area contributed by atoms with Crippen molar-refractivity contribution in [1.82, 2.24) is 4.57 Å². The molecule has 0 aromatic heterocycles. The molecule has 0 aromatic rings. The van der Waals surface area contributed by atoms with E-state index in [1.165, 1.54) is 6.42 Å². The maximum absolute atomic E-state index is 6.04. The van der Waals surface area contributed by atoms with Gasteiger partial charge in [0.05, 0.1) is 0 Å². The van der Waals surface area contributed by atoms with Crippen LogP contribution in [-0.2, 0) is 13.3 Å². The van der Waals surface area contributed by atoms with E-state index in [2.05, 4.69) is 31.5 Å². The van der Waals surface area contributed by atoms with Crippen LogP contribution < -0.4 is 0 Å². The van der Waals surface area contributed by atoms with Gasteiger partial charge in [-0.15, -0.1) is 0 Å². The van der Waals surface area contributed by atoms with Crippen LogP contribution in [0.15, 0.2) is 0 Å². The van der Waals surface area contributed by atoms with Gasteiger partial charge in [0.25, 0.3) is 0 Å². The van der Waals surface area contributed by atoms with Crippen LogP contribution in [-0.4, -0.2) is 54.6 Å². The van der Waals surface area contributed by atoms with Crippen molar-refractivity contribution in [3.8, 4) is 0 Å². The van der Waals surface area contributed by atoms with Crippen LogP contribution in [0.4, 0.5) is 0 Å². The minimum Gasteiger partial charge on any atom is -0.419 e. The minimum atomic E-state index is -2.10. The summed E-state index contributed by atoms with van der Waals surface area (Å²) in [4.78, 5) is 0. The lowest BCUT2D eigenvalue weighted by atomic mass is 10.5. The molecular weight excluding hydrogens is 250 g/mol. The van der Waals surface area contributed by atoms with E-state index < -0.39 is 17.0 Å². The highest BCUT2D eigenvalue weighted by Gasteiger charge is 2.50. The van der Waals surface area contributed by atoms with Gasteiger partial charge in [0, 0.05) is 32.5 Å². The Balaban J connectivity index is 2.74. The zero-order chi connectivity index (χ0) is 12.9. The molecule has 17 heavy (non-hydrogen) atoms. The molecule has 0 aromatic carbocycles. The molecule has 0 saturated carbocycles. The molecule has 0 spiro atoms. The van der Waals surface area contributed by atoms with Crippen molar-refractivity contribution in [1.29, 1.82) is 0 Å². The van der Waals surface area contributed by atoms with E-state index in [9.17, 15) is 0 Å². The van der Waals surface area contributed by atoms with E-state index >= 15 is 0 Å². The summed E-state index contributed by atoms with van der Waals surface area (Å²) in [6.07, 6.45) is 2.22. The standard InChI is InChI=1S/C11H27NO3Si2/c1-6-14-17(15-7-2)10-8-9-12(17)11-16(4,5)13-3/h6-11H2,1-5H3. The summed E-state index contributed by atoms with van der Waals surface area (Å²) in [7, 11) is -1.86. The Morgan fingerprint density at radius 3 is 2.24 bits per heavy atom. The molecule has 0 bridgehead atoms. The van der Waals surface area contributed by atoms with Gasteiger partial charge in [-0.25, -0.2) is 0 Å². The predicted octanol–water partition coefficient (Wildman–Crippen LogP) is 2.09. The van der Waals surface area contributed by atoms with Gasteiger partial charge in [-0.2, -0.15) is 0 Å². The average molecular weight is 278 g/mol. The van der Waals surface area contributed by atoms with Gasteiger partial charge in [0.2, 0.25) is 0 Å². The highest BCUT2D eigenvalue weighted by molar-refractivity contribution is 6.74. The molecule has 0 N–H and O–H groups in total. The molecule has 1 aliphatic rings. The SMILES string of the molecule is CCO[Si]1(OCC)CCCN1C[Si](C)(C)OC. The lowest BCUT2D eigenvalue weighted by molar-refractivity contribution is 0.140. The summed E-state index contributed by atoms with van der Waals surface area (Å²) >= 11 is 0. The molecule has 0 radical (unpaired) electrons. The molecule has 1 saturated heterocycles. The van der Waals surface area contributed by atoms with Crippen molar-refractivity contribution < 1.29 is 13.3 Å². The summed E-state index contributed by atoms with van der Waals surface area (Å²) in [5, 5.41) is 0. The maximum atomic E-state index is 6.04. The van der Waals surface area contributed by atoms with Crippen molar-refractivity contribution in [2.75, 3.05) is 33.0 Å². The highest BCUT2D eigenvalue weighted by atomic mass is 28.4. The van der Waals surface area contributed by atoms with Crippen molar-refractivity contribution in [2.24, 2.45) is 0 Å². The van der Waals surface area contributed by atoms with E-state index in [1.807, 2.05) is 7.11 Å². The highest BCUT2D eigenvalue weighted by Crippen LogP contribution is 2.29. The molecule has 0 amide bonds. The molecule has 1 heterocycles. The molecule has 0 aliphatic carbocycles. The third-order valence-electron chi connectivity index (χ3n) is 3.27. The second-order valence-electron chi connectivity index (χ2n) is 5.07.